The molecule has 3 rings (SSSR count). The fraction of sp³-hybridized carbons (Fsp3) is 0.217. The van der Waals surface area contributed by atoms with Gasteiger partial charge in [-0.3, -0.25) is 4.84 Å². The molecule has 0 aromatic heterocycles. The predicted octanol–water partition coefficient (Wildman–Crippen LogP) is 8.18. The van der Waals surface area contributed by atoms with Crippen molar-refractivity contribution in [2.24, 2.45) is 4.52 Å². The lowest BCUT2D eigenvalue weighted by Crippen LogP contribution is -2.12. The van der Waals surface area contributed by atoms with Crippen molar-refractivity contribution in [3.05, 3.63) is 89.5 Å². The molecule has 9 heteroatoms. The maximum Gasteiger partial charge on any atom is 0.337 e. The molecule has 0 saturated carbocycles. The second-order valence-electron chi connectivity index (χ2n) is 6.79. The first-order chi connectivity index (χ1) is 15.6. The minimum Gasteiger partial charge on any atom is -0.458 e. The molecule has 0 amide bonds. The monoisotopic (exact) mass is 488 g/mol. The van der Waals surface area contributed by atoms with Gasteiger partial charge in [0.1, 0.15) is 17.2 Å². The van der Waals surface area contributed by atoms with E-state index in [1.807, 2.05) is 100 Å². The van der Waals surface area contributed by atoms with Crippen LogP contribution in [0.15, 0.2) is 77.3 Å². The number of hydrogen-bond acceptors (Lipinski definition) is 6. The lowest BCUT2D eigenvalue weighted by atomic mass is 10.2. The van der Waals surface area contributed by atoms with Crippen molar-refractivity contribution in [1.29, 1.82) is 0 Å². The highest BCUT2D eigenvalue weighted by molar-refractivity contribution is 7.60. The van der Waals surface area contributed by atoms with Crippen molar-refractivity contribution in [3.63, 3.8) is 0 Å². The Bertz CT molecular complexity index is 1040. The van der Waals surface area contributed by atoms with Gasteiger partial charge in [0.05, 0.1) is 6.61 Å². The summed E-state index contributed by atoms with van der Waals surface area (Å²) in [5.74, 6) is 2.33. The van der Waals surface area contributed by atoms with Crippen LogP contribution in [-0.2, 0) is 4.84 Å². The smallest absolute Gasteiger partial charge is 0.337 e. The second-order valence-corrected chi connectivity index (χ2v) is 10.1. The highest BCUT2D eigenvalue weighted by Crippen LogP contribution is 2.53. The topological polar surface area (TPSA) is 52.5 Å². The number of aryl methyl sites for hydroxylation is 3. The van der Waals surface area contributed by atoms with Crippen molar-refractivity contribution in [2.75, 3.05) is 6.61 Å². The van der Waals surface area contributed by atoms with Crippen LogP contribution in [0.25, 0.3) is 0 Å². The zero-order chi connectivity index (χ0) is 22.8. The Balaban J connectivity index is 1.80. The summed E-state index contributed by atoms with van der Waals surface area (Å²) in [5, 5.41) is 0. The van der Waals surface area contributed by atoms with Crippen LogP contribution in [0.1, 0.15) is 23.6 Å². The summed E-state index contributed by atoms with van der Waals surface area (Å²) in [5.41, 5.74) is 3.12. The third-order valence-electron chi connectivity index (χ3n) is 4.35. The quantitative estimate of drug-likeness (QED) is 0.201. The van der Waals surface area contributed by atoms with Gasteiger partial charge in [0.2, 0.25) is 0 Å². The van der Waals surface area contributed by atoms with Crippen LogP contribution in [0.2, 0.25) is 0 Å². The third kappa shape index (κ3) is 7.24. The Morgan fingerprint density at radius 1 is 0.812 bits per heavy atom. The molecule has 0 heterocycles. The Morgan fingerprint density at radius 3 is 1.91 bits per heavy atom. The first-order valence-corrected chi connectivity index (χ1v) is 13.0. The minimum absolute atomic E-state index is 0.131. The van der Waals surface area contributed by atoms with E-state index in [0.29, 0.717) is 15.2 Å². The molecule has 3 aromatic carbocycles. The number of nitrogens with zero attached hydrogens (tertiary/aromatic N) is 2. The summed E-state index contributed by atoms with van der Waals surface area (Å²) in [6.45, 7) is 8.40. The van der Waals surface area contributed by atoms with Gasteiger partial charge in [-0.15, -0.1) is 4.52 Å². The van der Waals surface area contributed by atoms with Gasteiger partial charge >= 0.3 is 8.45 Å². The van der Waals surface area contributed by atoms with E-state index in [-0.39, 0.29) is 8.96 Å². The highest BCUT2D eigenvalue weighted by atomic mass is 31.2. The Kier molecular flexibility index (Phi) is 9.87. The maximum absolute atomic E-state index is 6.29. The van der Waals surface area contributed by atoms with Crippen LogP contribution in [0, 0.1) is 20.8 Å². The summed E-state index contributed by atoms with van der Waals surface area (Å²) in [7, 11) is -1.26. The maximum atomic E-state index is 6.29. The van der Waals surface area contributed by atoms with E-state index in [1.54, 1.807) is 4.60 Å². The van der Waals surface area contributed by atoms with Gasteiger partial charge in [-0.2, -0.15) is 0 Å². The molecule has 32 heavy (non-hydrogen) atoms. The van der Waals surface area contributed by atoms with Gasteiger partial charge in [0.15, 0.2) is 8.96 Å². The predicted molar refractivity (Wildman–Crippen MR) is 133 cm³/mol. The van der Waals surface area contributed by atoms with Gasteiger partial charge in [-0.25, -0.2) is 0 Å². The molecule has 3 aromatic rings. The molecule has 6 nitrogen and oxygen atoms in total. The summed E-state index contributed by atoms with van der Waals surface area (Å²) >= 11 is 0. The van der Waals surface area contributed by atoms with E-state index in [9.17, 15) is 0 Å². The summed E-state index contributed by atoms with van der Waals surface area (Å²) < 4.78 is 24.5. The Labute approximate surface area is 194 Å². The van der Waals surface area contributed by atoms with Crippen molar-refractivity contribution < 1.29 is 18.4 Å². The van der Waals surface area contributed by atoms with Crippen LogP contribution in [0.3, 0.4) is 0 Å². The third-order valence-corrected chi connectivity index (χ3v) is 7.68. The first kappa shape index (κ1) is 24.6. The molecule has 0 saturated heterocycles. The number of rotatable bonds is 11. The van der Waals surface area contributed by atoms with Crippen LogP contribution >= 0.6 is 26.0 Å². The first-order valence-electron chi connectivity index (χ1n) is 10.2. The molecule has 0 aliphatic carbocycles. The van der Waals surface area contributed by atoms with Gasteiger partial charge in [-0.05, 0) is 62.6 Å². The largest absolute Gasteiger partial charge is 0.458 e. The number of hydrogen-bond donors (Lipinski definition) is 0. The standard InChI is InChI=1S/C23H27N2O4P3/c1-5-26-25(31-28-22-16-10-7-13-19(22)3)32(29-23-17-11-8-14-20(23)4)24-30-27-21-15-9-6-12-18(21)2/h6-17,31H,5H2,1-4H3. The fourth-order valence-corrected chi connectivity index (χ4v) is 5.85. The molecule has 0 bridgehead atoms. The normalized spacial score (nSPS) is 12.5. The SMILES string of the molecule is CCON(POc1ccccc1C)P(N=POc1ccccc1C)Oc1ccccc1C. The van der Waals surface area contributed by atoms with Crippen molar-refractivity contribution in [1.82, 2.24) is 4.60 Å². The molecule has 0 aliphatic rings. The molecule has 2 atom stereocenters. The summed E-state index contributed by atoms with van der Waals surface area (Å²) in [4.78, 5) is 5.88. The summed E-state index contributed by atoms with van der Waals surface area (Å²) in [6, 6.07) is 23.6. The van der Waals surface area contributed by atoms with E-state index in [2.05, 4.69) is 4.52 Å². The molecule has 0 spiro atoms. The van der Waals surface area contributed by atoms with Crippen LogP contribution in [0.4, 0.5) is 0 Å². The van der Waals surface area contributed by atoms with Crippen LogP contribution in [-0.4, -0.2) is 11.2 Å². The van der Waals surface area contributed by atoms with Gasteiger partial charge in [0.25, 0.3) is 8.60 Å². The van der Waals surface area contributed by atoms with E-state index in [1.165, 1.54) is 0 Å². The van der Waals surface area contributed by atoms with E-state index in [4.69, 9.17) is 18.4 Å². The van der Waals surface area contributed by atoms with E-state index < -0.39 is 8.45 Å². The zero-order valence-corrected chi connectivity index (χ0v) is 21.3. The molecule has 0 radical (unpaired) electrons. The molecule has 2 unspecified atom stereocenters. The lowest BCUT2D eigenvalue weighted by Gasteiger charge is -2.25. The fourth-order valence-electron chi connectivity index (χ4n) is 2.58. The van der Waals surface area contributed by atoms with Crippen molar-refractivity contribution in [2.45, 2.75) is 27.7 Å². The number of benzene rings is 3. The van der Waals surface area contributed by atoms with E-state index in [0.717, 1.165) is 33.9 Å². The zero-order valence-electron chi connectivity index (χ0n) is 18.6. The molecule has 0 N–H and O–H groups in total. The second kappa shape index (κ2) is 12.8. The molecule has 0 fully saturated rings. The highest BCUT2D eigenvalue weighted by Gasteiger charge is 2.25. The van der Waals surface area contributed by atoms with Gasteiger partial charge in [0, 0.05) is 0 Å². The minimum atomic E-state index is -1.55. The van der Waals surface area contributed by atoms with Crippen molar-refractivity contribution in [3.8, 4) is 17.2 Å². The summed E-state index contributed by atoms with van der Waals surface area (Å²) in [6.07, 6.45) is 0. The van der Waals surface area contributed by atoms with Crippen LogP contribution in [0.5, 0.6) is 17.2 Å². The lowest BCUT2D eigenvalue weighted by molar-refractivity contribution is -0.00836. The average Bonchev–Trinajstić information content (AvgIpc) is 2.79. The Hall–Kier alpha value is -2.06. The van der Waals surface area contributed by atoms with Crippen LogP contribution < -0.4 is 13.6 Å². The van der Waals surface area contributed by atoms with Gasteiger partial charge < -0.3 is 13.6 Å². The number of para-hydroxylation sites is 3. The molecule has 0 aliphatic heterocycles. The van der Waals surface area contributed by atoms with Crippen molar-refractivity contribution >= 4 is 26.0 Å². The molecular formula is C23H27N2O4P3. The average molecular weight is 488 g/mol. The molecule has 168 valence electrons. The Morgan fingerprint density at radius 2 is 1.34 bits per heavy atom. The van der Waals surface area contributed by atoms with Gasteiger partial charge in [-0.1, -0.05) is 59.2 Å². The van der Waals surface area contributed by atoms with E-state index >= 15 is 0 Å². The molecular weight excluding hydrogens is 461 g/mol.